The summed E-state index contributed by atoms with van der Waals surface area (Å²) in [4.78, 5) is 10.8. The largest absolute Gasteiger partial charge is 0.481 e. The van der Waals surface area contributed by atoms with Gasteiger partial charge in [0.2, 0.25) is 0 Å². The van der Waals surface area contributed by atoms with E-state index in [1.807, 2.05) is 0 Å². The third kappa shape index (κ3) is 2.53. The fraction of sp³-hybridized carbons (Fsp3) is 0.417. The second kappa shape index (κ2) is 4.26. The summed E-state index contributed by atoms with van der Waals surface area (Å²) in [5, 5.41) is 8.83. The maximum atomic E-state index is 12.5. The number of halogens is 4. The van der Waals surface area contributed by atoms with Crippen LogP contribution in [0.15, 0.2) is 22.7 Å². The van der Waals surface area contributed by atoms with Gasteiger partial charge >= 0.3 is 12.1 Å². The van der Waals surface area contributed by atoms with Gasteiger partial charge in [-0.15, -0.1) is 0 Å². The van der Waals surface area contributed by atoms with Crippen LogP contribution in [0, 0.1) is 0 Å². The average molecular weight is 323 g/mol. The first-order valence-corrected chi connectivity index (χ1v) is 6.13. The van der Waals surface area contributed by atoms with E-state index in [2.05, 4.69) is 15.9 Å². The molecule has 0 atom stereocenters. The number of rotatable bonds is 3. The molecule has 1 saturated carbocycles. The zero-order valence-electron chi connectivity index (χ0n) is 9.22. The molecule has 1 fully saturated rings. The second-order valence-electron chi connectivity index (χ2n) is 4.54. The van der Waals surface area contributed by atoms with Crippen molar-refractivity contribution in [3.8, 4) is 0 Å². The molecule has 0 bridgehead atoms. The summed E-state index contributed by atoms with van der Waals surface area (Å²) in [7, 11) is 0. The number of hydrogen-bond donors (Lipinski definition) is 1. The Morgan fingerprint density at radius 1 is 1.39 bits per heavy atom. The molecule has 1 aliphatic carbocycles. The molecule has 1 aromatic carbocycles. The molecule has 1 aromatic rings. The van der Waals surface area contributed by atoms with Crippen molar-refractivity contribution in [3.63, 3.8) is 0 Å². The fourth-order valence-corrected chi connectivity index (χ4v) is 2.90. The highest BCUT2D eigenvalue weighted by Crippen LogP contribution is 2.53. The first kappa shape index (κ1) is 13.4. The van der Waals surface area contributed by atoms with Gasteiger partial charge in [-0.25, -0.2) is 0 Å². The van der Waals surface area contributed by atoms with E-state index >= 15 is 0 Å². The van der Waals surface area contributed by atoms with E-state index in [4.69, 9.17) is 5.11 Å². The van der Waals surface area contributed by atoms with Crippen molar-refractivity contribution in [2.24, 2.45) is 0 Å². The van der Waals surface area contributed by atoms with Crippen LogP contribution in [0.25, 0.3) is 0 Å². The molecule has 0 aromatic heterocycles. The molecule has 2 nitrogen and oxygen atoms in total. The van der Waals surface area contributed by atoms with Crippen molar-refractivity contribution in [1.82, 2.24) is 0 Å². The molecule has 18 heavy (non-hydrogen) atoms. The molecule has 98 valence electrons. The van der Waals surface area contributed by atoms with E-state index in [1.165, 1.54) is 6.07 Å². The molecule has 1 aliphatic rings. The van der Waals surface area contributed by atoms with Crippen molar-refractivity contribution in [2.45, 2.75) is 30.9 Å². The molecular formula is C12H10BrF3O2. The smallest absolute Gasteiger partial charge is 0.416 e. The monoisotopic (exact) mass is 322 g/mol. The third-order valence-corrected chi connectivity index (χ3v) is 3.87. The molecule has 0 radical (unpaired) electrons. The minimum Gasteiger partial charge on any atom is -0.481 e. The molecular weight excluding hydrogens is 313 g/mol. The predicted molar refractivity (Wildman–Crippen MR) is 62.3 cm³/mol. The van der Waals surface area contributed by atoms with Gasteiger partial charge in [0, 0.05) is 9.89 Å². The van der Waals surface area contributed by atoms with Crippen LogP contribution < -0.4 is 0 Å². The van der Waals surface area contributed by atoms with Crippen LogP contribution in [0.4, 0.5) is 13.2 Å². The van der Waals surface area contributed by atoms with Crippen molar-refractivity contribution >= 4 is 21.9 Å². The Morgan fingerprint density at radius 3 is 2.39 bits per heavy atom. The Bertz CT molecular complexity index is 493. The lowest BCUT2D eigenvalue weighted by Crippen LogP contribution is -2.14. The van der Waals surface area contributed by atoms with Crippen LogP contribution in [0.1, 0.15) is 30.4 Å². The number of aliphatic carboxylic acids is 1. The zero-order valence-corrected chi connectivity index (χ0v) is 10.8. The molecule has 0 spiro atoms. The van der Waals surface area contributed by atoms with Crippen molar-refractivity contribution in [3.05, 3.63) is 33.8 Å². The Morgan fingerprint density at radius 2 is 2.00 bits per heavy atom. The minimum absolute atomic E-state index is 0.0447. The summed E-state index contributed by atoms with van der Waals surface area (Å²) in [5.41, 5.74) is -0.573. The lowest BCUT2D eigenvalue weighted by atomic mass is 9.91. The van der Waals surface area contributed by atoms with Gasteiger partial charge in [0.05, 0.1) is 12.0 Å². The minimum atomic E-state index is -4.38. The van der Waals surface area contributed by atoms with Crippen molar-refractivity contribution < 1.29 is 23.1 Å². The van der Waals surface area contributed by atoms with E-state index < -0.39 is 23.1 Å². The first-order valence-electron chi connectivity index (χ1n) is 5.34. The van der Waals surface area contributed by atoms with Gasteiger partial charge in [-0.2, -0.15) is 13.2 Å². The highest BCUT2D eigenvalue weighted by molar-refractivity contribution is 9.10. The molecule has 6 heteroatoms. The van der Waals surface area contributed by atoms with Crippen LogP contribution in [0.5, 0.6) is 0 Å². The molecule has 0 saturated heterocycles. The summed E-state index contributed by atoms with van der Waals surface area (Å²) in [6.45, 7) is 0. The predicted octanol–water partition coefficient (Wildman–Crippen LogP) is 3.97. The summed E-state index contributed by atoms with van der Waals surface area (Å²) < 4.78 is 37.9. The Hall–Kier alpha value is -1.04. The number of benzene rings is 1. The van der Waals surface area contributed by atoms with Crippen LogP contribution in [-0.4, -0.2) is 11.1 Å². The number of carbonyl (C=O) groups is 1. The van der Waals surface area contributed by atoms with Gasteiger partial charge in [-0.1, -0.05) is 22.0 Å². The van der Waals surface area contributed by atoms with Gasteiger partial charge in [0.15, 0.2) is 0 Å². The number of carboxylic acid groups (broad SMARTS) is 1. The molecule has 0 heterocycles. The summed E-state index contributed by atoms with van der Waals surface area (Å²) >= 11 is 3.11. The van der Waals surface area contributed by atoms with Crippen molar-refractivity contribution in [2.75, 3.05) is 0 Å². The third-order valence-electron chi connectivity index (χ3n) is 3.21. The molecule has 0 unspecified atom stereocenters. The van der Waals surface area contributed by atoms with Crippen LogP contribution >= 0.6 is 15.9 Å². The zero-order chi connectivity index (χ0) is 13.6. The molecule has 1 N–H and O–H groups in total. The number of carboxylic acids is 1. The highest BCUT2D eigenvalue weighted by Gasteiger charge is 2.47. The van der Waals surface area contributed by atoms with Gasteiger partial charge in [0.1, 0.15) is 0 Å². The standard InChI is InChI=1S/C12H10BrF3O2/c13-9-5-7(12(14,15)16)1-2-8(9)11(3-4-11)6-10(17)18/h1-2,5H,3-4,6H2,(H,17,18). The summed E-state index contributed by atoms with van der Waals surface area (Å²) in [5.74, 6) is -0.931. The number of hydrogen-bond acceptors (Lipinski definition) is 1. The second-order valence-corrected chi connectivity index (χ2v) is 5.40. The SMILES string of the molecule is O=C(O)CC1(c2ccc(C(F)(F)F)cc2Br)CC1. The summed E-state index contributed by atoms with van der Waals surface area (Å²) in [6.07, 6.45) is -3.03. The van der Waals surface area contributed by atoms with Crippen LogP contribution in [-0.2, 0) is 16.4 Å². The van der Waals surface area contributed by atoms with Crippen molar-refractivity contribution in [1.29, 1.82) is 0 Å². The van der Waals surface area contributed by atoms with Gasteiger partial charge in [-0.3, -0.25) is 4.79 Å². The Labute approximate surface area is 110 Å². The van der Waals surface area contributed by atoms with E-state index in [-0.39, 0.29) is 6.42 Å². The molecule has 2 rings (SSSR count). The van der Waals surface area contributed by atoms with Crippen LogP contribution in [0.3, 0.4) is 0 Å². The summed E-state index contributed by atoms with van der Waals surface area (Å²) in [6, 6.07) is 3.39. The van der Waals surface area contributed by atoms with Gasteiger partial charge in [0.25, 0.3) is 0 Å². The maximum Gasteiger partial charge on any atom is 0.416 e. The first-order chi connectivity index (χ1) is 8.24. The Kier molecular flexibility index (Phi) is 3.17. The fourth-order valence-electron chi connectivity index (χ4n) is 2.10. The quantitative estimate of drug-likeness (QED) is 0.914. The lowest BCUT2D eigenvalue weighted by molar-refractivity contribution is -0.138. The average Bonchev–Trinajstić information content (AvgIpc) is 2.95. The molecule has 0 amide bonds. The topological polar surface area (TPSA) is 37.3 Å². The number of alkyl halides is 3. The molecule has 0 aliphatic heterocycles. The van der Waals surface area contributed by atoms with E-state index in [9.17, 15) is 18.0 Å². The highest BCUT2D eigenvalue weighted by atomic mass is 79.9. The van der Waals surface area contributed by atoms with Crippen LogP contribution in [0.2, 0.25) is 0 Å². The Balaban J connectivity index is 2.34. The lowest BCUT2D eigenvalue weighted by Gasteiger charge is -2.17. The van der Waals surface area contributed by atoms with Gasteiger partial charge < -0.3 is 5.11 Å². The normalized spacial score (nSPS) is 17.6. The van der Waals surface area contributed by atoms with Gasteiger partial charge in [-0.05, 0) is 30.5 Å². The van der Waals surface area contributed by atoms with E-state index in [1.54, 1.807) is 0 Å². The van der Waals surface area contributed by atoms with E-state index in [0.29, 0.717) is 22.9 Å². The van der Waals surface area contributed by atoms with E-state index in [0.717, 1.165) is 12.1 Å². The maximum absolute atomic E-state index is 12.5.